The van der Waals surface area contributed by atoms with E-state index in [1.807, 2.05) is 31.2 Å². The molecule has 0 aliphatic rings. The minimum Gasteiger partial charge on any atom is -0.480 e. The molecule has 0 saturated carbocycles. The van der Waals surface area contributed by atoms with E-state index in [2.05, 4.69) is 0 Å². The molecular formula is C12H18N2O2. The standard InChI is InChI=1S/C12H18N2O2/c1-9-4-3-5-10(6-9)8-14(2)11(7-13)12(15)16/h3-6,11H,7-8,13H2,1-2H3,(H,15,16). The number of aryl methyl sites for hydroxylation is 1. The molecule has 1 unspecified atom stereocenters. The van der Waals surface area contributed by atoms with Gasteiger partial charge in [0.25, 0.3) is 0 Å². The van der Waals surface area contributed by atoms with Crippen LogP contribution in [0.3, 0.4) is 0 Å². The van der Waals surface area contributed by atoms with E-state index >= 15 is 0 Å². The largest absolute Gasteiger partial charge is 0.480 e. The normalized spacial score (nSPS) is 12.8. The van der Waals surface area contributed by atoms with Crippen LogP contribution in [0.25, 0.3) is 0 Å². The van der Waals surface area contributed by atoms with E-state index in [9.17, 15) is 4.79 Å². The van der Waals surface area contributed by atoms with E-state index in [0.717, 1.165) is 5.56 Å². The fraction of sp³-hybridized carbons (Fsp3) is 0.417. The van der Waals surface area contributed by atoms with Crippen LogP contribution >= 0.6 is 0 Å². The molecule has 1 atom stereocenters. The second-order valence-corrected chi connectivity index (χ2v) is 3.99. The number of rotatable bonds is 5. The summed E-state index contributed by atoms with van der Waals surface area (Å²) < 4.78 is 0. The molecule has 0 aliphatic carbocycles. The third-order valence-corrected chi connectivity index (χ3v) is 2.55. The van der Waals surface area contributed by atoms with Crippen molar-refractivity contribution in [1.29, 1.82) is 0 Å². The zero-order valence-corrected chi connectivity index (χ0v) is 9.68. The minimum absolute atomic E-state index is 0.123. The predicted molar refractivity (Wildman–Crippen MR) is 63.1 cm³/mol. The van der Waals surface area contributed by atoms with Crippen LogP contribution in [-0.2, 0) is 11.3 Å². The average molecular weight is 222 g/mol. The van der Waals surface area contributed by atoms with Crippen molar-refractivity contribution < 1.29 is 9.90 Å². The van der Waals surface area contributed by atoms with Crippen LogP contribution in [0.1, 0.15) is 11.1 Å². The number of benzene rings is 1. The lowest BCUT2D eigenvalue weighted by Crippen LogP contribution is -2.43. The van der Waals surface area contributed by atoms with Gasteiger partial charge in [-0.25, -0.2) is 0 Å². The lowest BCUT2D eigenvalue weighted by Gasteiger charge is -2.23. The molecule has 0 amide bonds. The Morgan fingerprint density at radius 2 is 2.25 bits per heavy atom. The smallest absolute Gasteiger partial charge is 0.322 e. The summed E-state index contributed by atoms with van der Waals surface area (Å²) in [5.74, 6) is -0.877. The maximum absolute atomic E-state index is 10.9. The molecular weight excluding hydrogens is 204 g/mol. The number of nitrogens with two attached hydrogens (primary N) is 1. The van der Waals surface area contributed by atoms with Gasteiger partial charge >= 0.3 is 5.97 Å². The lowest BCUT2D eigenvalue weighted by atomic mass is 10.1. The zero-order chi connectivity index (χ0) is 12.1. The molecule has 4 nitrogen and oxygen atoms in total. The fourth-order valence-electron chi connectivity index (χ4n) is 1.68. The topological polar surface area (TPSA) is 66.6 Å². The monoisotopic (exact) mass is 222 g/mol. The van der Waals surface area contributed by atoms with Gasteiger partial charge in [-0.15, -0.1) is 0 Å². The third-order valence-electron chi connectivity index (χ3n) is 2.55. The summed E-state index contributed by atoms with van der Waals surface area (Å²) >= 11 is 0. The Labute approximate surface area is 95.7 Å². The zero-order valence-electron chi connectivity index (χ0n) is 9.68. The summed E-state index contributed by atoms with van der Waals surface area (Å²) in [4.78, 5) is 12.7. The SMILES string of the molecule is Cc1cccc(CN(C)C(CN)C(=O)O)c1. The molecule has 16 heavy (non-hydrogen) atoms. The molecule has 0 radical (unpaired) electrons. The van der Waals surface area contributed by atoms with Crippen LogP contribution < -0.4 is 5.73 Å². The van der Waals surface area contributed by atoms with Gasteiger partial charge in [-0.2, -0.15) is 0 Å². The summed E-state index contributed by atoms with van der Waals surface area (Å²) in [7, 11) is 1.77. The van der Waals surface area contributed by atoms with Gasteiger partial charge in [-0.3, -0.25) is 9.69 Å². The molecule has 0 fully saturated rings. The van der Waals surface area contributed by atoms with E-state index in [1.165, 1.54) is 5.56 Å². The van der Waals surface area contributed by atoms with Gasteiger partial charge in [-0.05, 0) is 19.5 Å². The van der Waals surface area contributed by atoms with Crippen molar-refractivity contribution in [3.63, 3.8) is 0 Å². The van der Waals surface area contributed by atoms with Crippen molar-refractivity contribution in [2.75, 3.05) is 13.6 Å². The van der Waals surface area contributed by atoms with Crippen molar-refractivity contribution in [3.05, 3.63) is 35.4 Å². The van der Waals surface area contributed by atoms with Gasteiger partial charge in [0.05, 0.1) is 0 Å². The molecule has 88 valence electrons. The van der Waals surface area contributed by atoms with Crippen LogP contribution in [-0.4, -0.2) is 35.6 Å². The number of likely N-dealkylation sites (N-methyl/N-ethyl adjacent to an activating group) is 1. The Hall–Kier alpha value is -1.39. The van der Waals surface area contributed by atoms with Crippen LogP contribution in [0.2, 0.25) is 0 Å². The number of hydrogen-bond acceptors (Lipinski definition) is 3. The van der Waals surface area contributed by atoms with Crippen LogP contribution in [0.5, 0.6) is 0 Å². The van der Waals surface area contributed by atoms with Gasteiger partial charge in [0.15, 0.2) is 0 Å². The van der Waals surface area contributed by atoms with Crippen molar-refractivity contribution in [2.45, 2.75) is 19.5 Å². The Bertz CT molecular complexity index is 366. The maximum Gasteiger partial charge on any atom is 0.322 e. The summed E-state index contributed by atoms with van der Waals surface area (Å²) in [6.45, 7) is 2.73. The molecule has 0 bridgehead atoms. The molecule has 1 aromatic rings. The van der Waals surface area contributed by atoms with Gasteiger partial charge in [0.1, 0.15) is 6.04 Å². The second-order valence-electron chi connectivity index (χ2n) is 3.99. The molecule has 0 aliphatic heterocycles. The highest BCUT2D eigenvalue weighted by molar-refractivity contribution is 5.73. The number of carbonyl (C=O) groups is 1. The average Bonchev–Trinajstić information content (AvgIpc) is 2.17. The first-order valence-corrected chi connectivity index (χ1v) is 5.23. The molecule has 4 heteroatoms. The van der Waals surface area contributed by atoms with Gasteiger partial charge in [0, 0.05) is 13.1 Å². The van der Waals surface area contributed by atoms with Gasteiger partial charge < -0.3 is 10.8 Å². The quantitative estimate of drug-likeness (QED) is 0.774. The predicted octanol–water partition coefficient (Wildman–Crippen LogP) is 0.839. The highest BCUT2D eigenvalue weighted by Gasteiger charge is 2.20. The molecule has 0 spiro atoms. The van der Waals surface area contributed by atoms with E-state index in [0.29, 0.717) is 6.54 Å². The fourth-order valence-corrected chi connectivity index (χ4v) is 1.68. The number of carboxylic acid groups (broad SMARTS) is 1. The van der Waals surface area contributed by atoms with Crippen molar-refractivity contribution in [1.82, 2.24) is 4.90 Å². The Balaban J connectivity index is 2.69. The van der Waals surface area contributed by atoms with Crippen LogP contribution in [0.15, 0.2) is 24.3 Å². The Morgan fingerprint density at radius 3 is 2.75 bits per heavy atom. The molecule has 1 rings (SSSR count). The van der Waals surface area contributed by atoms with Crippen molar-refractivity contribution in [2.24, 2.45) is 5.73 Å². The molecule has 0 saturated heterocycles. The second kappa shape index (κ2) is 5.63. The summed E-state index contributed by atoms with van der Waals surface area (Å²) in [5.41, 5.74) is 7.71. The molecule has 0 heterocycles. The van der Waals surface area contributed by atoms with E-state index in [-0.39, 0.29) is 6.54 Å². The van der Waals surface area contributed by atoms with Gasteiger partial charge in [-0.1, -0.05) is 29.8 Å². The minimum atomic E-state index is -0.877. The molecule has 3 N–H and O–H groups in total. The first-order valence-electron chi connectivity index (χ1n) is 5.23. The van der Waals surface area contributed by atoms with Crippen molar-refractivity contribution in [3.8, 4) is 0 Å². The maximum atomic E-state index is 10.9. The van der Waals surface area contributed by atoms with E-state index in [1.54, 1.807) is 11.9 Å². The summed E-state index contributed by atoms with van der Waals surface area (Å²) in [6.07, 6.45) is 0. The van der Waals surface area contributed by atoms with E-state index in [4.69, 9.17) is 10.8 Å². The first-order chi connectivity index (χ1) is 7.54. The number of aliphatic carboxylic acids is 1. The molecule has 1 aromatic carbocycles. The summed E-state index contributed by atoms with van der Waals surface area (Å²) in [5, 5.41) is 8.95. The van der Waals surface area contributed by atoms with Gasteiger partial charge in [0.2, 0.25) is 0 Å². The van der Waals surface area contributed by atoms with E-state index < -0.39 is 12.0 Å². The highest BCUT2D eigenvalue weighted by atomic mass is 16.4. The number of carboxylic acids is 1. The lowest BCUT2D eigenvalue weighted by molar-refractivity contribution is -0.142. The van der Waals surface area contributed by atoms with Crippen molar-refractivity contribution >= 4 is 5.97 Å². The number of nitrogens with zero attached hydrogens (tertiary/aromatic N) is 1. The molecule has 0 aromatic heterocycles. The number of hydrogen-bond donors (Lipinski definition) is 2. The Morgan fingerprint density at radius 1 is 1.56 bits per heavy atom. The summed E-state index contributed by atoms with van der Waals surface area (Å²) in [6, 6.07) is 7.39. The first kappa shape index (κ1) is 12.7. The van der Waals surface area contributed by atoms with Crippen LogP contribution in [0.4, 0.5) is 0 Å². The van der Waals surface area contributed by atoms with Crippen LogP contribution in [0, 0.1) is 6.92 Å². The Kier molecular flexibility index (Phi) is 4.46. The highest BCUT2D eigenvalue weighted by Crippen LogP contribution is 2.08. The third kappa shape index (κ3) is 3.32.